The fraction of sp³-hybridized carbons (Fsp3) is 0. The minimum Gasteiger partial charge on any atom is -0.321 e. The van der Waals surface area contributed by atoms with E-state index >= 15 is 0 Å². The molecule has 0 saturated heterocycles. The van der Waals surface area contributed by atoms with Gasteiger partial charge in [0.2, 0.25) is 0 Å². The zero-order valence-corrected chi connectivity index (χ0v) is 16.0. The Morgan fingerprint density at radius 1 is 0.897 bits per heavy atom. The first-order chi connectivity index (χ1) is 14.3. The molecule has 2 heterocycles. The number of carbonyl (C=O) groups excluding carboxylic acids is 1. The highest BCUT2D eigenvalue weighted by Gasteiger charge is 2.12. The maximum atomic E-state index is 12.5. The minimum absolute atomic E-state index is 0.254. The fourth-order valence-corrected chi connectivity index (χ4v) is 3.93. The molecule has 140 valence electrons. The zero-order chi connectivity index (χ0) is 19.6. The van der Waals surface area contributed by atoms with Gasteiger partial charge in [0.05, 0.1) is 22.1 Å². The van der Waals surface area contributed by atoms with Gasteiger partial charge in [-0.05, 0) is 48.5 Å². The van der Waals surface area contributed by atoms with Gasteiger partial charge < -0.3 is 5.32 Å². The first kappa shape index (κ1) is 17.3. The van der Waals surface area contributed by atoms with Gasteiger partial charge in [-0.3, -0.25) is 4.79 Å². The second-order valence-electron chi connectivity index (χ2n) is 6.40. The van der Waals surface area contributed by atoms with Gasteiger partial charge in [0.25, 0.3) is 5.91 Å². The largest absolute Gasteiger partial charge is 0.321 e. The van der Waals surface area contributed by atoms with E-state index in [1.807, 2.05) is 72.8 Å². The van der Waals surface area contributed by atoms with Crippen molar-refractivity contribution in [3.8, 4) is 16.3 Å². The Morgan fingerprint density at radius 2 is 1.66 bits per heavy atom. The molecule has 5 aromatic rings. The third-order valence-electron chi connectivity index (χ3n) is 4.43. The third-order valence-corrected chi connectivity index (χ3v) is 5.52. The van der Waals surface area contributed by atoms with Crippen molar-refractivity contribution in [3.05, 3.63) is 90.8 Å². The van der Waals surface area contributed by atoms with E-state index < -0.39 is 0 Å². The molecule has 0 radical (unpaired) electrons. The molecule has 0 aliphatic carbocycles. The van der Waals surface area contributed by atoms with Crippen LogP contribution in [0.5, 0.6) is 0 Å². The van der Waals surface area contributed by atoms with E-state index in [1.165, 1.54) is 0 Å². The molecule has 6 nitrogen and oxygen atoms in total. The lowest BCUT2D eigenvalue weighted by Gasteiger charge is -2.03. The number of thiazole rings is 1. The summed E-state index contributed by atoms with van der Waals surface area (Å²) in [5.74, 6) is -0.306. The Balaban J connectivity index is 1.32. The van der Waals surface area contributed by atoms with Crippen LogP contribution < -0.4 is 5.32 Å². The fourth-order valence-electron chi connectivity index (χ4n) is 2.96. The first-order valence-corrected chi connectivity index (χ1v) is 9.83. The number of fused-ring (bicyclic) bond motifs is 1. The van der Waals surface area contributed by atoms with E-state index in [0.29, 0.717) is 5.69 Å². The van der Waals surface area contributed by atoms with Crippen LogP contribution in [0.3, 0.4) is 0 Å². The Morgan fingerprint density at radius 3 is 2.45 bits per heavy atom. The molecular weight excluding hydrogens is 382 g/mol. The summed E-state index contributed by atoms with van der Waals surface area (Å²) in [6.07, 6.45) is 1.61. The van der Waals surface area contributed by atoms with E-state index in [0.717, 1.165) is 26.5 Å². The number of para-hydroxylation sites is 2. The van der Waals surface area contributed by atoms with Gasteiger partial charge in [0.1, 0.15) is 5.01 Å². The molecule has 2 aromatic heterocycles. The summed E-state index contributed by atoms with van der Waals surface area (Å²) in [5, 5.41) is 11.8. The summed E-state index contributed by atoms with van der Waals surface area (Å²) >= 11 is 1.65. The van der Waals surface area contributed by atoms with Gasteiger partial charge in [0.15, 0.2) is 5.69 Å². The van der Waals surface area contributed by atoms with Crippen LogP contribution in [-0.4, -0.2) is 25.9 Å². The lowest BCUT2D eigenvalue weighted by atomic mass is 10.2. The van der Waals surface area contributed by atoms with E-state index in [-0.39, 0.29) is 11.6 Å². The van der Waals surface area contributed by atoms with E-state index in [1.54, 1.807) is 22.2 Å². The molecule has 0 spiro atoms. The van der Waals surface area contributed by atoms with Crippen molar-refractivity contribution >= 4 is 33.1 Å². The van der Waals surface area contributed by atoms with Crippen LogP contribution in [-0.2, 0) is 0 Å². The summed E-state index contributed by atoms with van der Waals surface area (Å²) in [7, 11) is 0. The zero-order valence-electron chi connectivity index (χ0n) is 15.2. The van der Waals surface area contributed by atoms with E-state index in [2.05, 4.69) is 26.7 Å². The number of rotatable bonds is 4. The van der Waals surface area contributed by atoms with E-state index in [4.69, 9.17) is 0 Å². The number of benzene rings is 3. The number of carbonyl (C=O) groups is 1. The average Bonchev–Trinajstić information content (AvgIpc) is 3.42. The third kappa shape index (κ3) is 3.51. The molecule has 3 aromatic carbocycles. The number of nitrogens with zero attached hydrogens (tertiary/aromatic N) is 4. The standard InChI is InChI=1S/C22H15N5OS/c28-21(19-14-27(26-25-19)17-6-2-1-3-7-17)23-16-12-10-15(11-13-16)22-24-18-8-4-5-9-20(18)29-22/h1-14H,(H,23,28). The van der Waals surface area contributed by atoms with Gasteiger partial charge in [0, 0.05) is 11.3 Å². The number of hydrogen-bond acceptors (Lipinski definition) is 5. The smallest absolute Gasteiger partial charge is 0.277 e. The molecule has 5 rings (SSSR count). The SMILES string of the molecule is O=C(Nc1ccc(-c2nc3ccccc3s2)cc1)c1cn(-c2ccccc2)nn1. The van der Waals surface area contributed by atoms with Crippen LogP contribution in [0.15, 0.2) is 85.1 Å². The van der Waals surface area contributed by atoms with Crippen molar-refractivity contribution in [3.63, 3.8) is 0 Å². The molecule has 0 saturated carbocycles. The molecule has 0 aliphatic heterocycles. The minimum atomic E-state index is -0.306. The number of aromatic nitrogens is 4. The van der Waals surface area contributed by atoms with Crippen molar-refractivity contribution in [2.24, 2.45) is 0 Å². The van der Waals surface area contributed by atoms with Crippen LogP contribution in [0.25, 0.3) is 26.5 Å². The summed E-state index contributed by atoms with van der Waals surface area (Å²) in [6, 6.07) is 25.2. The number of anilines is 1. The normalized spacial score (nSPS) is 10.9. The summed E-state index contributed by atoms with van der Waals surface area (Å²) in [5.41, 5.74) is 3.79. The average molecular weight is 397 g/mol. The topological polar surface area (TPSA) is 72.7 Å². The molecule has 1 N–H and O–H groups in total. The Bertz CT molecular complexity index is 1260. The van der Waals surface area contributed by atoms with Gasteiger partial charge in [-0.1, -0.05) is 35.5 Å². The lowest BCUT2D eigenvalue weighted by molar-refractivity contribution is 0.102. The highest BCUT2D eigenvalue weighted by atomic mass is 32.1. The van der Waals surface area contributed by atoms with E-state index in [9.17, 15) is 4.79 Å². The molecule has 0 atom stereocenters. The predicted octanol–water partition coefficient (Wildman–Crippen LogP) is 4.80. The second kappa shape index (κ2) is 7.29. The quantitative estimate of drug-likeness (QED) is 0.473. The molecule has 1 amide bonds. The van der Waals surface area contributed by atoms with Crippen LogP contribution in [0.4, 0.5) is 5.69 Å². The highest BCUT2D eigenvalue weighted by Crippen LogP contribution is 2.30. The monoisotopic (exact) mass is 397 g/mol. The lowest BCUT2D eigenvalue weighted by Crippen LogP contribution is -2.12. The van der Waals surface area contributed by atoms with Gasteiger partial charge >= 0.3 is 0 Å². The van der Waals surface area contributed by atoms with Crippen LogP contribution >= 0.6 is 11.3 Å². The van der Waals surface area contributed by atoms with Crippen molar-refractivity contribution in [1.82, 2.24) is 20.0 Å². The van der Waals surface area contributed by atoms with Crippen molar-refractivity contribution in [1.29, 1.82) is 0 Å². The number of amides is 1. The number of hydrogen-bond donors (Lipinski definition) is 1. The molecule has 7 heteroatoms. The van der Waals surface area contributed by atoms with Gasteiger partial charge in [-0.25, -0.2) is 9.67 Å². The van der Waals surface area contributed by atoms with Crippen LogP contribution in [0.1, 0.15) is 10.5 Å². The first-order valence-electron chi connectivity index (χ1n) is 9.01. The van der Waals surface area contributed by atoms with Crippen molar-refractivity contribution in [2.45, 2.75) is 0 Å². The molecule has 0 bridgehead atoms. The molecule has 0 aliphatic rings. The Labute approximate surface area is 170 Å². The van der Waals surface area contributed by atoms with Gasteiger partial charge in [-0.2, -0.15) is 0 Å². The maximum absolute atomic E-state index is 12.5. The van der Waals surface area contributed by atoms with Crippen LogP contribution in [0.2, 0.25) is 0 Å². The highest BCUT2D eigenvalue weighted by molar-refractivity contribution is 7.21. The summed E-state index contributed by atoms with van der Waals surface area (Å²) in [6.45, 7) is 0. The number of nitrogens with one attached hydrogen (secondary N) is 1. The maximum Gasteiger partial charge on any atom is 0.277 e. The summed E-state index contributed by atoms with van der Waals surface area (Å²) in [4.78, 5) is 17.2. The summed E-state index contributed by atoms with van der Waals surface area (Å²) < 4.78 is 2.73. The molecule has 29 heavy (non-hydrogen) atoms. The Hall–Kier alpha value is -3.84. The van der Waals surface area contributed by atoms with Crippen molar-refractivity contribution < 1.29 is 4.79 Å². The van der Waals surface area contributed by atoms with Crippen LogP contribution in [0, 0.1) is 0 Å². The predicted molar refractivity (Wildman–Crippen MR) is 114 cm³/mol. The molecule has 0 fully saturated rings. The van der Waals surface area contributed by atoms with Gasteiger partial charge in [-0.15, -0.1) is 16.4 Å². The Kier molecular flexibility index (Phi) is 4.34. The molecule has 0 unspecified atom stereocenters. The van der Waals surface area contributed by atoms with Crippen molar-refractivity contribution in [2.75, 3.05) is 5.32 Å². The molecular formula is C22H15N5OS. The second-order valence-corrected chi connectivity index (χ2v) is 7.43.